The molecule has 0 heterocycles. The van der Waals surface area contributed by atoms with Gasteiger partial charge in [-0.3, -0.25) is 4.79 Å². The number of fused-ring (bicyclic) bond motifs is 1. The van der Waals surface area contributed by atoms with E-state index in [0.29, 0.717) is 12.2 Å². The Labute approximate surface area is 89.0 Å². The standard InChI is InChI=1S/C12H14O3/c1-7-4-10(13)12-9(7)5-8(14-2)6-11(12)15-3/h5-7H,4H2,1-3H3/t7-/m1/s1. The zero-order valence-corrected chi connectivity index (χ0v) is 9.16. The van der Waals surface area contributed by atoms with Gasteiger partial charge in [0.25, 0.3) is 0 Å². The van der Waals surface area contributed by atoms with Gasteiger partial charge in [0.15, 0.2) is 5.78 Å². The quantitative estimate of drug-likeness (QED) is 0.745. The molecule has 3 nitrogen and oxygen atoms in total. The van der Waals surface area contributed by atoms with Crippen molar-refractivity contribution in [3.05, 3.63) is 23.3 Å². The molecule has 1 aromatic rings. The van der Waals surface area contributed by atoms with Crippen LogP contribution in [0.3, 0.4) is 0 Å². The molecule has 0 spiro atoms. The molecule has 0 saturated heterocycles. The second-order valence-electron chi connectivity index (χ2n) is 3.82. The molecule has 0 amide bonds. The summed E-state index contributed by atoms with van der Waals surface area (Å²) in [5.41, 5.74) is 1.77. The molecule has 80 valence electrons. The van der Waals surface area contributed by atoms with Gasteiger partial charge in [-0.05, 0) is 17.5 Å². The molecule has 1 aliphatic carbocycles. The maximum absolute atomic E-state index is 11.7. The van der Waals surface area contributed by atoms with Crippen molar-refractivity contribution >= 4 is 5.78 Å². The molecular formula is C12H14O3. The second kappa shape index (κ2) is 3.57. The Morgan fingerprint density at radius 3 is 2.60 bits per heavy atom. The smallest absolute Gasteiger partial charge is 0.167 e. The second-order valence-corrected chi connectivity index (χ2v) is 3.82. The maximum atomic E-state index is 11.7. The zero-order valence-electron chi connectivity index (χ0n) is 9.16. The van der Waals surface area contributed by atoms with Gasteiger partial charge in [0, 0.05) is 12.5 Å². The molecule has 1 aliphatic rings. The number of methoxy groups -OCH3 is 2. The maximum Gasteiger partial charge on any atom is 0.167 e. The van der Waals surface area contributed by atoms with Gasteiger partial charge in [-0.15, -0.1) is 0 Å². The first-order chi connectivity index (χ1) is 7.17. The number of hydrogen-bond donors (Lipinski definition) is 0. The Hall–Kier alpha value is -1.51. The fraction of sp³-hybridized carbons (Fsp3) is 0.417. The molecule has 0 unspecified atom stereocenters. The number of ketones is 1. The summed E-state index contributed by atoms with van der Waals surface area (Å²) in [6.07, 6.45) is 0.568. The Balaban J connectivity index is 2.62. The molecule has 0 aliphatic heterocycles. The summed E-state index contributed by atoms with van der Waals surface area (Å²) in [6.45, 7) is 2.04. The molecule has 15 heavy (non-hydrogen) atoms. The average Bonchev–Trinajstić information content (AvgIpc) is 2.53. The highest BCUT2D eigenvalue weighted by molar-refractivity contribution is 6.04. The van der Waals surface area contributed by atoms with Crippen molar-refractivity contribution in [2.75, 3.05) is 14.2 Å². The van der Waals surface area contributed by atoms with E-state index in [1.807, 2.05) is 13.0 Å². The minimum atomic E-state index is 0.164. The largest absolute Gasteiger partial charge is 0.497 e. The van der Waals surface area contributed by atoms with Gasteiger partial charge in [-0.1, -0.05) is 6.92 Å². The first-order valence-electron chi connectivity index (χ1n) is 4.96. The van der Waals surface area contributed by atoms with E-state index in [9.17, 15) is 4.79 Å². The summed E-state index contributed by atoms with van der Waals surface area (Å²) in [5, 5.41) is 0. The predicted molar refractivity (Wildman–Crippen MR) is 56.9 cm³/mol. The number of ether oxygens (including phenoxy) is 2. The van der Waals surface area contributed by atoms with Crippen molar-refractivity contribution in [1.82, 2.24) is 0 Å². The first kappa shape index (κ1) is 10.0. The number of carbonyl (C=O) groups is 1. The number of benzene rings is 1. The van der Waals surface area contributed by atoms with Gasteiger partial charge >= 0.3 is 0 Å². The van der Waals surface area contributed by atoms with Crippen molar-refractivity contribution in [3.8, 4) is 11.5 Å². The average molecular weight is 206 g/mol. The fourth-order valence-electron chi connectivity index (χ4n) is 2.07. The molecule has 0 saturated carbocycles. The van der Waals surface area contributed by atoms with Crippen LogP contribution in [0.1, 0.15) is 35.2 Å². The van der Waals surface area contributed by atoms with E-state index in [1.54, 1.807) is 20.3 Å². The normalized spacial score (nSPS) is 18.9. The van der Waals surface area contributed by atoms with Crippen LogP contribution in [0.5, 0.6) is 11.5 Å². The summed E-state index contributed by atoms with van der Waals surface area (Å²) in [7, 11) is 3.19. The van der Waals surface area contributed by atoms with Crippen LogP contribution >= 0.6 is 0 Å². The summed E-state index contributed by atoms with van der Waals surface area (Å²) in [4.78, 5) is 11.7. The van der Waals surface area contributed by atoms with E-state index in [2.05, 4.69) is 0 Å². The topological polar surface area (TPSA) is 35.5 Å². The zero-order chi connectivity index (χ0) is 11.0. The molecule has 1 atom stereocenters. The summed E-state index contributed by atoms with van der Waals surface area (Å²) >= 11 is 0. The molecule has 0 radical (unpaired) electrons. The number of rotatable bonds is 2. The lowest BCUT2D eigenvalue weighted by atomic mass is 10.0. The van der Waals surface area contributed by atoms with Gasteiger partial charge < -0.3 is 9.47 Å². The lowest BCUT2D eigenvalue weighted by molar-refractivity contribution is 0.0987. The molecule has 2 rings (SSSR count). The van der Waals surface area contributed by atoms with Gasteiger partial charge in [-0.2, -0.15) is 0 Å². The van der Waals surface area contributed by atoms with E-state index in [1.165, 1.54) is 0 Å². The van der Waals surface area contributed by atoms with Crippen molar-refractivity contribution in [2.45, 2.75) is 19.3 Å². The van der Waals surface area contributed by atoms with Crippen LogP contribution in [-0.4, -0.2) is 20.0 Å². The van der Waals surface area contributed by atoms with E-state index < -0.39 is 0 Å². The van der Waals surface area contributed by atoms with Gasteiger partial charge in [0.2, 0.25) is 0 Å². The van der Waals surface area contributed by atoms with Crippen molar-refractivity contribution in [1.29, 1.82) is 0 Å². The van der Waals surface area contributed by atoms with Crippen LogP contribution < -0.4 is 9.47 Å². The summed E-state index contributed by atoms with van der Waals surface area (Å²) in [5.74, 6) is 1.79. The lowest BCUT2D eigenvalue weighted by Crippen LogP contribution is -1.98. The van der Waals surface area contributed by atoms with Crippen molar-refractivity contribution < 1.29 is 14.3 Å². The van der Waals surface area contributed by atoms with Gasteiger partial charge in [-0.25, -0.2) is 0 Å². The van der Waals surface area contributed by atoms with E-state index in [4.69, 9.17) is 9.47 Å². The third kappa shape index (κ3) is 1.48. The highest BCUT2D eigenvalue weighted by Crippen LogP contribution is 2.40. The number of Topliss-reactive ketones (excluding diaryl/α,β-unsaturated/α-hetero) is 1. The van der Waals surface area contributed by atoms with Crippen LogP contribution in [-0.2, 0) is 0 Å². The first-order valence-corrected chi connectivity index (χ1v) is 4.96. The lowest BCUT2D eigenvalue weighted by Gasteiger charge is -2.10. The van der Waals surface area contributed by atoms with Crippen LogP contribution in [0.15, 0.2) is 12.1 Å². The van der Waals surface area contributed by atoms with Crippen LogP contribution in [0, 0.1) is 0 Å². The molecule has 0 bridgehead atoms. The Morgan fingerprint density at radius 1 is 1.27 bits per heavy atom. The van der Waals surface area contributed by atoms with Gasteiger partial charge in [0.1, 0.15) is 11.5 Å². The van der Waals surface area contributed by atoms with E-state index in [0.717, 1.165) is 16.9 Å². The van der Waals surface area contributed by atoms with Crippen LogP contribution in [0.2, 0.25) is 0 Å². The molecule has 3 heteroatoms. The van der Waals surface area contributed by atoms with Crippen molar-refractivity contribution in [2.24, 2.45) is 0 Å². The Bertz CT molecular complexity index is 410. The predicted octanol–water partition coefficient (Wildman–Crippen LogP) is 2.39. The van der Waals surface area contributed by atoms with E-state index >= 15 is 0 Å². The monoisotopic (exact) mass is 206 g/mol. The minimum absolute atomic E-state index is 0.164. The highest BCUT2D eigenvalue weighted by Gasteiger charge is 2.30. The highest BCUT2D eigenvalue weighted by atomic mass is 16.5. The summed E-state index contributed by atoms with van der Waals surface area (Å²) < 4.78 is 10.4. The van der Waals surface area contributed by atoms with Crippen LogP contribution in [0.25, 0.3) is 0 Å². The molecule has 1 aromatic carbocycles. The molecule has 0 aromatic heterocycles. The van der Waals surface area contributed by atoms with Crippen molar-refractivity contribution in [3.63, 3.8) is 0 Å². The van der Waals surface area contributed by atoms with Gasteiger partial charge in [0.05, 0.1) is 19.8 Å². The molecule has 0 fully saturated rings. The number of hydrogen-bond acceptors (Lipinski definition) is 3. The number of carbonyl (C=O) groups excluding carboxylic acids is 1. The fourth-order valence-corrected chi connectivity index (χ4v) is 2.07. The van der Waals surface area contributed by atoms with E-state index in [-0.39, 0.29) is 11.7 Å². The third-order valence-corrected chi connectivity index (χ3v) is 2.86. The SMILES string of the molecule is COc1cc(OC)c2c(c1)[C@H](C)CC2=O. The third-order valence-electron chi connectivity index (χ3n) is 2.86. The Kier molecular flexibility index (Phi) is 2.39. The Morgan fingerprint density at radius 2 is 2.00 bits per heavy atom. The molecule has 0 N–H and O–H groups in total. The molecular weight excluding hydrogens is 192 g/mol. The summed E-state index contributed by atoms with van der Waals surface area (Å²) in [6, 6.07) is 3.68. The minimum Gasteiger partial charge on any atom is -0.497 e. The van der Waals surface area contributed by atoms with Crippen LogP contribution in [0.4, 0.5) is 0 Å².